The molecule has 2 aromatic rings. The van der Waals surface area contributed by atoms with Crippen LogP contribution in [0.5, 0.6) is 5.75 Å². The number of alkyl halides is 3. The minimum Gasteiger partial charge on any atom is -0.497 e. The van der Waals surface area contributed by atoms with E-state index in [1.807, 2.05) is 6.92 Å². The van der Waals surface area contributed by atoms with E-state index in [-0.39, 0.29) is 6.54 Å². The molecule has 0 saturated carbocycles. The molecular formula is C19H20F3NO3. The fraction of sp³-hybridized carbons (Fsp3) is 0.316. The number of methoxy groups -OCH3 is 1. The van der Waals surface area contributed by atoms with Crippen molar-refractivity contribution in [3.63, 3.8) is 0 Å². The Balaban J connectivity index is 2.23. The van der Waals surface area contributed by atoms with Crippen LogP contribution in [0.4, 0.5) is 13.2 Å². The Morgan fingerprint density at radius 2 is 1.58 bits per heavy atom. The molecule has 0 aliphatic carbocycles. The molecule has 0 aliphatic heterocycles. The number of amides is 1. The lowest BCUT2D eigenvalue weighted by molar-refractivity contribution is -0.257. The van der Waals surface area contributed by atoms with Crippen molar-refractivity contribution in [2.75, 3.05) is 7.11 Å². The Labute approximate surface area is 149 Å². The zero-order valence-corrected chi connectivity index (χ0v) is 14.4. The van der Waals surface area contributed by atoms with Crippen molar-refractivity contribution in [2.24, 2.45) is 0 Å². The zero-order valence-electron chi connectivity index (χ0n) is 14.4. The minimum absolute atomic E-state index is 0.158. The number of aryl methyl sites for hydroxylation is 1. The van der Waals surface area contributed by atoms with Crippen molar-refractivity contribution >= 4 is 5.91 Å². The lowest BCUT2D eigenvalue weighted by Gasteiger charge is -2.29. The van der Waals surface area contributed by atoms with E-state index < -0.39 is 23.2 Å². The Morgan fingerprint density at radius 3 is 2.04 bits per heavy atom. The first-order chi connectivity index (χ1) is 12.2. The van der Waals surface area contributed by atoms with E-state index in [9.17, 15) is 23.1 Å². The maximum absolute atomic E-state index is 13.5. The van der Waals surface area contributed by atoms with Crippen molar-refractivity contribution in [2.45, 2.75) is 31.7 Å². The van der Waals surface area contributed by atoms with Crippen molar-refractivity contribution in [3.8, 4) is 5.75 Å². The zero-order chi connectivity index (χ0) is 19.4. The first-order valence-electron chi connectivity index (χ1n) is 8.02. The number of benzene rings is 2. The van der Waals surface area contributed by atoms with Gasteiger partial charge in [-0.25, -0.2) is 0 Å². The van der Waals surface area contributed by atoms with Gasteiger partial charge in [0.1, 0.15) is 5.75 Å². The number of carbonyl (C=O) groups excluding carboxylic acids is 1. The predicted octanol–water partition coefficient (Wildman–Crippen LogP) is 3.32. The molecule has 1 amide bonds. The van der Waals surface area contributed by atoms with Gasteiger partial charge in [-0.2, -0.15) is 13.2 Å². The van der Waals surface area contributed by atoms with Crippen LogP contribution in [0.15, 0.2) is 48.5 Å². The molecular weight excluding hydrogens is 347 g/mol. The normalized spacial score (nSPS) is 13.8. The number of hydrogen-bond donors (Lipinski definition) is 2. The number of nitrogens with one attached hydrogen (secondary N) is 1. The second-order valence-electron chi connectivity index (χ2n) is 5.79. The van der Waals surface area contributed by atoms with Crippen LogP contribution >= 0.6 is 0 Å². The summed E-state index contributed by atoms with van der Waals surface area (Å²) in [5.41, 5.74) is -2.76. The summed E-state index contributed by atoms with van der Waals surface area (Å²) in [5, 5.41) is 12.4. The van der Waals surface area contributed by atoms with Crippen LogP contribution in [0.2, 0.25) is 0 Å². The highest BCUT2D eigenvalue weighted by Gasteiger charge is 2.60. The average molecular weight is 367 g/mol. The van der Waals surface area contributed by atoms with E-state index >= 15 is 0 Å². The van der Waals surface area contributed by atoms with Crippen molar-refractivity contribution in [1.82, 2.24) is 5.32 Å². The second-order valence-corrected chi connectivity index (χ2v) is 5.79. The summed E-state index contributed by atoms with van der Waals surface area (Å²) >= 11 is 0. The largest absolute Gasteiger partial charge is 0.497 e. The molecule has 0 spiro atoms. The molecule has 2 N–H and O–H groups in total. The van der Waals surface area contributed by atoms with Crippen LogP contribution in [-0.2, 0) is 23.4 Å². The third-order valence-electron chi connectivity index (χ3n) is 4.13. The number of hydrogen-bond acceptors (Lipinski definition) is 3. The number of ether oxygens (including phenoxy) is 1. The first kappa shape index (κ1) is 19.8. The standard InChI is InChI=1S/C19H20F3NO3/c1-3-13-4-8-15(9-5-13)18(25,19(20,21)22)17(24)23-12-14-6-10-16(26-2)11-7-14/h4-11,25H,3,12H2,1-2H3,(H,23,24). The SMILES string of the molecule is CCc1ccc(C(O)(C(=O)NCc2ccc(OC)cc2)C(F)(F)F)cc1. The number of rotatable bonds is 6. The maximum atomic E-state index is 13.5. The predicted molar refractivity (Wildman–Crippen MR) is 90.6 cm³/mol. The van der Waals surface area contributed by atoms with Gasteiger partial charge in [-0.15, -0.1) is 0 Å². The highest BCUT2D eigenvalue weighted by molar-refractivity contribution is 5.87. The Kier molecular flexibility index (Phi) is 5.92. The number of carbonyl (C=O) groups is 1. The van der Waals surface area contributed by atoms with Gasteiger partial charge in [0, 0.05) is 12.1 Å². The van der Waals surface area contributed by atoms with E-state index in [1.54, 1.807) is 24.3 Å². The third kappa shape index (κ3) is 3.99. The van der Waals surface area contributed by atoms with Crippen LogP contribution < -0.4 is 10.1 Å². The van der Waals surface area contributed by atoms with E-state index in [1.165, 1.54) is 19.2 Å². The Hall–Kier alpha value is -2.54. The highest BCUT2D eigenvalue weighted by atomic mass is 19.4. The molecule has 0 fully saturated rings. The third-order valence-corrected chi connectivity index (χ3v) is 4.13. The molecule has 0 heterocycles. The molecule has 1 atom stereocenters. The summed E-state index contributed by atoms with van der Waals surface area (Å²) in [7, 11) is 1.49. The van der Waals surface area contributed by atoms with Gasteiger partial charge in [-0.05, 0) is 29.7 Å². The van der Waals surface area contributed by atoms with Crippen molar-refractivity contribution in [3.05, 3.63) is 65.2 Å². The lowest BCUT2D eigenvalue weighted by Crippen LogP contribution is -2.54. The molecule has 1 unspecified atom stereocenters. The van der Waals surface area contributed by atoms with Crippen LogP contribution in [-0.4, -0.2) is 24.3 Å². The van der Waals surface area contributed by atoms with Gasteiger partial charge in [0.05, 0.1) is 7.11 Å². The Morgan fingerprint density at radius 1 is 1.04 bits per heavy atom. The van der Waals surface area contributed by atoms with E-state index in [2.05, 4.69) is 5.32 Å². The van der Waals surface area contributed by atoms with Crippen molar-refractivity contribution < 1.29 is 27.8 Å². The Bertz CT molecular complexity index is 742. The van der Waals surface area contributed by atoms with E-state index in [0.717, 1.165) is 17.7 Å². The monoisotopic (exact) mass is 367 g/mol. The summed E-state index contributed by atoms with van der Waals surface area (Å²) in [5.74, 6) is -0.937. The summed E-state index contributed by atoms with van der Waals surface area (Å²) in [6.07, 6.45) is -4.53. The summed E-state index contributed by atoms with van der Waals surface area (Å²) < 4.78 is 45.6. The van der Waals surface area contributed by atoms with Gasteiger partial charge in [-0.1, -0.05) is 43.3 Å². The van der Waals surface area contributed by atoms with Gasteiger partial charge in [0.25, 0.3) is 11.5 Å². The second kappa shape index (κ2) is 7.78. The van der Waals surface area contributed by atoms with E-state index in [0.29, 0.717) is 17.7 Å². The summed E-state index contributed by atoms with van der Waals surface area (Å²) in [6, 6.07) is 11.6. The summed E-state index contributed by atoms with van der Waals surface area (Å²) in [6.45, 7) is 1.70. The molecule has 140 valence electrons. The molecule has 0 aromatic heterocycles. The summed E-state index contributed by atoms with van der Waals surface area (Å²) in [4.78, 5) is 12.3. The molecule has 0 saturated heterocycles. The quantitative estimate of drug-likeness (QED) is 0.824. The molecule has 7 heteroatoms. The molecule has 0 radical (unpaired) electrons. The smallest absolute Gasteiger partial charge is 0.430 e. The topological polar surface area (TPSA) is 58.6 Å². The van der Waals surface area contributed by atoms with Crippen molar-refractivity contribution in [1.29, 1.82) is 0 Å². The van der Waals surface area contributed by atoms with Crippen LogP contribution in [0, 0.1) is 0 Å². The van der Waals surface area contributed by atoms with Gasteiger partial charge < -0.3 is 15.2 Å². The molecule has 2 rings (SSSR count). The van der Waals surface area contributed by atoms with Crippen LogP contribution in [0.3, 0.4) is 0 Å². The highest BCUT2D eigenvalue weighted by Crippen LogP contribution is 2.39. The van der Waals surface area contributed by atoms with E-state index in [4.69, 9.17) is 4.74 Å². The molecule has 0 aliphatic rings. The number of aliphatic hydroxyl groups is 1. The maximum Gasteiger partial charge on any atom is 0.430 e. The molecule has 2 aromatic carbocycles. The minimum atomic E-state index is -5.16. The van der Waals surface area contributed by atoms with Gasteiger partial charge in [0.2, 0.25) is 0 Å². The molecule has 26 heavy (non-hydrogen) atoms. The average Bonchev–Trinajstić information content (AvgIpc) is 2.65. The van der Waals surface area contributed by atoms with Gasteiger partial charge >= 0.3 is 6.18 Å². The fourth-order valence-electron chi connectivity index (χ4n) is 2.46. The van der Waals surface area contributed by atoms with Gasteiger partial charge in [-0.3, -0.25) is 4.79 Å². The molecule has 0 bridgehead atoms. The van der Waals surface area contributed by atoms with Crippen LogP contribution in [0.1, 0.15) is 23.6 Å². The van der Waals surface area contributed by atoms with Crippen LogP contribution in [0.25, 0.3) is 0 Å². The lowest BCUT2D eigenvalue weighted by atomic mass is 9.91. The first-order valence-corrected chi connectivity index (χ1v) is 8.02. The van der Waals surface area contributed by atoms with Gasteiger partial charge in [0.15, 0.2) is 0 Å². The number of halogens is 3. The molecule has 4 nitrogen and oxygen atoms in total. The fourth-order valence-corrected chi connectivity index (χ4v) is 2.46.